The summed E-state index contributed by atoms with van der Waals surface area (Å²) in [7, 11) is 0. The Hall–Kier alpha value is -1.89. The lowest BCUT2D eigenvalue weighted by atomic mass is 10.1. The van der Waals surface area contributed by atoms with Crippen LogP contribution >= 0.6 is 0 Å². The monoisotopic (exact) mass is 223 g/mol. The van der Waals surface area contributed by atoms with Gasteiger partial charge in [0.2, 0.25) is 0 Å². The molecule has 1 heteroatoms. The molecule has 1 nitrogen and oxygen atoms in total. The lowest BCUT2D eigenvalue weighted by molar-refractivity contribution is 1.42. The van der Waals surface area contributed by atoms with E-state index in [0.717, 1.165) is 11.0 Å². The molecule has 1 aromatic heterocycles. The van der Waals surface area contributed by atoms with Crippen molar-refractivity contribution in [2.75, 3.05) is 0 Å². The molecule has 0 aliphatic carbocycles. The molecule has 0 aliphatic rings. The van der Waals surface area contributed by atoms with E-state index in [9.17, 15) is 0 Å². The van der Waals surface area contributed by atoms with E-state index in [0.29, 0.717) is 0 Å². The average Bonchev–Trinajstić information content (AvgIpc) is 2.40. The maximum atomic E-state index is 4.68. The number of nitrogens with zero attached hydrogens (tertiary/aromatic N) is 1. The van der Waals surface area contributed by atoms with E-state index in [1.165, 1.54) is 16.3 Å². The number of pyridine rings is 1. The van der Waals surface area contributed by atoms with Crippen LogP contribution in [0.1, 0.15) is 19.4 Å². The highest BCUT2D eigenvalue weighted by Crippen LogP contribution is 2.21. The Kier molecular flexibility index (Phi) is 3.38. The van der Waals surface area contributed by atoms with Crippen LogP contribution in [0.5, 0.6) is 0 Å². The van der Waals surface area contributed by atoms with Gasteiger partial charge in [-0.05, 0) is 24.6 Å². The molecule has 0 fully saturated rings. The van der Waals surface area contributed by atoms with Crippen LogP contribution in [-0.2, 0) is 0 Å². The van der Waals surface area contributed by atoms with Gasteiger partial charge in [0.15, 0.2) is 0 Å². The fraction of sp³-hybridized carbons (Fsp3) is 0.188. The van der Waals surface area contributed by atoms with Crippen molar-refractivity contribution in [3.8, 4) is 0 Å². The molecular weight excluding hydrogens is 206 g/mol. The van der Waals surface area contributed by atoms with Gasteiger partial charge in [0, 0.05) is 10.8 Å². The van der Waals surface area contributed by atoms with Gasteiger partial charge in [-0.1, -0.05) is 50.2 Å². The summed E-state index contributed by atoms with van der Waals surface area (Å²) in [5.74, 6) is 0. The molecule has 0 saturated carbocycles. The molecule has 0 atom stereocenters. The Morgan fingerprint density at radius 3 is 2.35 bits per heavy atom. The fourth-order valence-electron chi connectivity index (χ4n) is 1.95. The van der Waals surface area contributed by atoms with Crippen LogP contribution in [0.2, 0.25) is 0 Å². The maximum Gasteiger partial charge on any atom is 0.0738 e. The van der Waals surface area contributed by atoms with Crippen LogP contribution in [-0.4, -0.2) is 4.98 Å². The summed E-state index contributed by atoms with van der Waals surface area (Å²) in [4.78, 5) is 4.68. The lowest BCUT2D eigenvalue weighted by Gasteiger charge is -2.03. The number of benzene rings is 2. The smallest absolute Gasteiger partial charge is 0.0738 e. The van der Waals surface area contributed by atoms with Crippen LogP contribution < -0.4 is 0 Å². The zero-order chi connectivity index (χ0) is 12.3. The third-order valence-electron chi connectivity index (χ3n) is 2.75. The van der Waals surface area contributed by atoms with Crippen molar-refractivity contribution in [1.82, 2.24) is 4.98 Å². The Morgan fingerprint density at radius 2 is 1.53 bits per heavy atom. The molecule has 3 rings (SSSR count). The molecule has 0 unspecified atom stereocenters. The van der Waals surface area contributed by atoms with Crippen LogP contribution in [0.25, 0.3) is 21.8 Å². The quantitative estimate of drug-likeness (QED) is 0.502. The third kappa shape index (κ3) is 2.14. The van der Waals surface area contributed by atoms with Gasteiger partial charge in [-0.25, -0.2) is 4.98 Å². The molecule has 1 heterocycles. The summed E-state index contributed by atoms with van der Waals surface area (Å²) in [5, 5.41) is 2.42. The van der Waals surface area contributed by atoms with Crippen molar-refractivity contribution in [3.63, 3.8) is 0 Å². The van der Waals surface area contributed by atoms with E-state index >= 15 is 0 Å². The Balaban J connectivity index is 0.000000514. The number of aryl methyl sites for hydroxylation is 1. The molecule has 0 radical (unpaired) electrons. The largest absolute Gasteiger partial charge is 0.248 e. The first-order valence-corrected chi connectivity index (χ1v) is 6.10. The van der Waals surface area contributed by atoms with Gasteiger partial charge in [-0.2, -0.15) is 0 Å². The van der Waals surface area contributed by atoms with Crippen LogP contribution in [0.4, 0.5) is 0 Å². The molecule has 17 heavy (non-hydrogen) atoms. The van der Waals surface area contributed by atoms with Gasteiger partial charge < -0.3 is 0 Å². The first-order chi connectivity index (χ1) is 8.34. The normalized spacial score (nSPS) is 10.1. The van der Waals surface area contributed by atoms with Gasteiger partial charge >= 0.3 is 0 Å². The molecule has 86 valence electrons. The molecule has 0 bridgehead atoms. The standard InChI is InChI=1S/C14H11N.C2H6/c1-10-5-4-7-12-9-11-6-2-3-8-13(11)15-14(10)12;1-2/h2-9H,1H3;1-2H3. The second-order valence-electron chi connectivity index (χ2n) is 3.83. The summed E-state index contributed by atoms with van der Waals surface area (Å²) in [5.41, 5.74) is 3.41. The molecule has 0 amide bonds. The van der Waals surface area contributed by atoms with Crippen molar-refractivity contribution in [1.29, 1.82) is 0 Å². The maximum absolute atomic E-state index is 4.68. The second kappa shape index (κ2) is 4.96. The molecule has 0 aliphatic heterocycles. The van der Waals surface area contributed by atoms with Crippen LogP contribution in [0.3, 0.4) is 0 Å². The van der Waals surface area contributed by atoms with E-state index in [1.54, 1.807) is 0 Å². The van der Waals surface area contributed by atoms with E-state index < -0.39 is 0 Å². The molecule has 0 spiro atoms. The number of fused-ring (bicyclic) bond motifs is 2. The summed E-state index contributed by atoms with van der Waals surface area (Å²) in [6, 6.07) is 16.7. The zero-order valence-electron chi connectivity index (χ0n) is 10.6. The number of hydrogen-bond donors (Lipinski definition) is 0. The Bertz CT molecular complexity index is 641. The minimum atomic E-state index is 1.07. The van der Waals surface area contributed by atoms with Crippen LogP contribution in [0.15, 0.2) is 48.5 Å². The molecule has 0 saturated heterocycles. The number of hydrogen-bond acceptors (Lipinski definition) is 1. The summed E-state index contributed by atoms with van der Waals surface area (Å²) >= 11 is 0. The minimum Gasteiger partial charge on any atom is -0.248 e. The molecule has 0 N–H and O–H groups in total. The topological polar surface area (TPSA) is 12.9 Å². The number of rotatable bonds is 0. The number of para-hydroxylation sites is 2. The van der Waals surface area contributed by atoms with E-state index in [1.807, 2.05) is 26.0 Å². The van der Waals surface area contributed by atoms with Crippen molar-refractivity contribution in [3.05, 3.63) is 54.1 Å². The van der Waals surface area contributed by atoms with Crippen molar-refractivity contribution in [2.45, 2.75) is 20.8 Å². The lowest BCUT2D eigenvalue weighted by Crippen LogP contribution is -1.84. The Morgan fingerprint density at radius 1 is 0.824 bits per heavy atom. The molecule has 3 aromatic rings. The minimum absolute atomic E-state index is 1.07. The molecular formula is C16H17N. The highest BCUT2D eigenvalue weighted by atomic mass is 14.7. The predicted molar refractivity (Wildman–Crippen MR) is 75.3 cm³/mol. The van der Waals surface area contributed by atoms with Gasteiger partial charge in [-0.3, -0.25) is 0 Å². The molecule has 2 aromatic carbocycles. The summed E-state index contributed by atoms with van der Waals surface area (Å²) in [6.45, 7) is 6.10. The summed E-state index contributed by atoms with van der Waals surface area (Å²) in [6.07, 6.45) is 0. The van der Waals surface area contributed by atoms with Crippen molar-refractivity contribution < 1.29 is 0 Å². The van der Waals surface area contributed by atoms with Gasteiger partial charge in [0.05, 0.1) is 11.0 Å². The first-order valence-electron chi connectivity index (χ1n) is 6.10. The average molecular weight is 223 g/mol. The van der Waals surface area contributed by atoms with E-state index in [-0.39, 0.29) is 0 Å². The van der Waals surface area contributed by atoms with Crippen molar-refractivity contribution in [2.24, 2.45) is 0 Å². The number of aromatic nitrogens is 1. The van der Waals surface area contributed by atoms with Crippen LogP contribution in [0, 0.1) is 6.92 Å². The first kappa shape index (κ1) is 11.6. The van der Waals surface area contributed by atoms with Crippen molar-refractivity contribution >= 4 is 21.8 Å². The SMILES string of the molecule is CC.Cc1cccc2cc3ccccc3nc12. The van der Waals surface area contributed by atoms with Gasteiger partial charge in [-0.15, -0.1) is 0 Å². The van der Waals surface area contributed by atoms with Gasteiger partial charge in [0.25, 0.3) is 0 Å². The zero-order valence-corrected chi connectivity index (χ0v) is 10.6. The van der Waals surface area contributed by atoms with E-state index in [4.69, 9.17) is 0 Å². The second-order valence-corrected chi connectivity index (χ2v) is 3.83. The summed E-state index contributed by atoms with van der Waals surface area (Å²) < 4.78 is 0. The Labute approximate surface area is 102 Å². The fourth-order valence-corrected chi connectivity index (χ4v) is 1.95. The van der Waals surface area contributed by atoms with E-state index in [2.05, 4.69) is 48.3 Å². The third-order valence-corrected chi connectivity index (χ3v) is 2.75. The highest BCUT2D eigenvalue weighted by molar-refractivity contribution is 5.93. The highest BCUT2D eigenvalue weighted by Gasteiger charge is 2.00. The predicted octanol–water partition coefficient (Wildman–Crippen LogP) is 4.72. The van der Waals surface area contributed by atoms with Gasteiger partial charge in [0.1, 0.15) is 0 Å².